The summed E-state index contributed by atoms with van der Waals surface area (Å²) in [6, 6.07) is 8.45. The summed E-state index contributed by atoms with van der Waals surface area (Å²) >= 11 is 6.45. The van der Waals surface area contributed by atoms with E-state index in [1.807, 2.05) is 24.4 Å². The molecule has 2 aromatic heterocycles. The van der Waals surface area contributed by atoms with Gasteiger partial charge in [0.1, 0.15) is 0 Å². The van der Waals surface area contributed by atoms with Gasteiger partial charge in [0, 0.05) is 34.7 Å². The zero-order valence-electron chi connectivity index (χ0n) is 17.7. The number of para-hydroxylation sites is 1. The number of amides is 1. The summed E-state index contributed by atoms with van der Waals surface area (Å²) in [5, 5.41) is 11.6. The SMILES string of the molecule is Cl.O=C(N[C@H]1CCC[C@@H](Nc2ncc(Cl)c(-c3c[nH]c4ccccc34)n2)C1)[C@H]1CCCN1. The molecule has 0 bridgehead atoms. The molecule has 0 unspecified atom stereocenters. The van der Waals surface area contributed by atoms with Crippen LogP contribution in [0.1, 0.15) is 38.5 Å². The lowest BCUT2D eigenvalue weighted by atomic mass is 9.91. The van der Waals surface area contributed by atoms with Crippen LogP contribution in [-0.4, -0.2) is 45.5 Å². The van der Waals surface area contributed by atoms with E-state index in [2.05, 4.69) is 32.0 Å². The minimum Gasteiger partial charge on any atom is -0.360 e. The molecule has 2 aliphatic rings. The number of H-pyrrole nitrogens is 1. The molecule has 3 aromatic rings. The lowest BCUT2D eigenvalue weighted by Crippen LogP contribution is -2.48. The number of aromatic amines is 1. The van der Waals surface area contributed by atoms with E-state index >= 15 is 0 Å². The predicted octanol–water partition coefficient (Wildman–Crippen LogP) is 4.29. The smallest absolute Gasteiger partial charge is 0.237 e. The Bertz CT molecular complexity index is 1080. The van der Waals surface area contributed by atoms with Gasteiger partial charge in [0.15, 0.2) is 0 Å². The Morgan fingerprint density at radius 3 is 2.81 bits per heavy atom. The maximum Gasteiger partial charge on any atom is 0.237 e. The van der Waals surface area contributed by atoms with Crippen molar-refractivity contribution >= 4 is 46.8 Å². The topological polar surface area (TPSA) is 94.7 Å². The molecule has 1 amide bonds. The van der Waals surface area contributed by atoms with Crippen molar-refractivity contribution in [1.29, 1.82) is 0 Å². The molecule has 1 saturated heterocycles. The van der Waals surface area contributed by atoms with Crippen molar-refractivity contribution in [2.75, 3.05) is 11.9 Å². The number of hydrogen-bond donors (Lipinski definition) is 4. The van der Waals surface area contributed by atoms with Gasteiger partial charge in [-0.15, -0.1) is 12.4 Å². The largest absolute Gasteiger partial charge is 0.360 e. The number of nitrogens with zero attached hydrogens (tertiary/aromatic N) is 2. The molecule has 1 saturated carbocycles. The first-order valence-corrected chi connectivity index (χ1v) is 11.4. The molecule has 9 heteroatoms. The lowest BCUT2D eigenvalue weighted by Gasteiger charge is -2.31. The van der Waals surface area contributed by atoms with Gasteiger partial charge in [0.2, 0.25) is 11.9 Å². The molecule has 1 aliphatic carbocycles. The number of carbonyl (C=O) groups excluding carboxylic acids is 1. The Labute approximate surface area is 198 Å². The summed E-state index contributed by atoms with van der Waals surface area (Å²) in [6.45, 7) is 0.930. The third kappa shape index (κ3) is 4.85. The van der Waals surface area contributed by atoms with Gasteiger partial charge in [-0.2, -0.15) is 0 Å². The number of nitrogens with one attached hydrogen (secondary N) is 4. The molecule has 2 fully saturated rings. The van der Waals surface area contributed by atoms with Crippen molar-refractivity contribution in [1.82, 2.24) is 25.6 Å². The third-order valence-electron chi connectivity index (χ3n) is 6.32. The minimum absolute atomic E-state index is 0. The number of fused-ring (bicyclic) bond motifs is 1. The zero-order valence-corrected chi connectivity index (χ0v) is 19.3. The number of aromatic nitrogens is 3. The molecule has 1 aromatic carbocycles. The van der Waals surface area contributed by atoms with Gasteiger partial charge in [-0.25, -0.2) is 9.97 Å². The second-order valence-corrected chi connectivity index (χ2v) is 8.91. The van der Waals surface area contributed by atoms with E-state index in [1.165, 1.54) is 0 Å². The van der Waals surface area contributed by atoms with E-state index in [0.717, 1.165) is 61.5 Å². The first kappa shape index (κ1) is 22.8. The van der Waals surface area contributed by atoms with E-state index in [4.69, 9.17) is 16.6 Å². The highest BCUT2D eigenvalue weighted by atomic mass is 35.5. The van der Waals surface area contributed by atoms with Crippen LogP contribution in [0.3, 0.4) is 0 Å². The fourth-order valence-corrected chi connectivity index (χ4v) is 4.93. The second-order valence-electron chi connectivity index (χ2n) is 8.50. The molecule has 3 heterocycles. The lowest BCUT2D eigenvalue weighted by molar-refractivity contribution is -0.123. The molecule has 1 aliphatic heterocycles. The molecule has 5 rings (SSSR count). The summed E-state index contributed by atoms with van der Waals surface area (Å²) < 4.78 is 0. The standard InChI is InChI=1S/C23H27ClN6O.ClH/c24-18-13-27-23(30-21(18)17-12-26-19-8-2-1-7-16(17)19)29-15-6-3-5-14(11-15)28-22(31)20-9-4-10-25-20;/h1-2,7-8,12-15,20,25-26H,3-6,9-11H2,(H,28,31)(H,27,29,30);1H/t14-,15+,20+;/m0./s1. The Balaban J connectivity index is 0.00000245. The third-order valence-corrected chi connectivity index (χ3v) is 6.60. The summed E-state index contributed by atoms with van der Waals surface area (Å²) in [7, 11) is 0. The van der Waals surface area contributed by atoms with Gasteiger partial charge in [-0.05, 0) is 51.1 Å². The molecule has 170 valence electrons. The van der Waals surface area contributed by atoms with E-state index in [9.17, 15) is 4.79 Å². The molecular formula is C23H28Cl2N6O. The van der Waals surface area contributed by atoms with Crippen LogP contribution in [0.4, 0.5) is 5.95 Å². The normalized spacial score (nSPS) is 23.0. The Morgan fingerprint density at radius 1 is 1.12 bits per heavy atom. The highest BCUT2D eigenvalue weighted by molar-refractivity contribution is 6.33. The number of rotatable bonds is 5. The van der Waals surface area contributed by atoms with Crippen LogP contribution in [0.25, 0.3) is 22.2 Å². The Morgan fingerprint density at radius 2 is 1.97 bits per heavy atom. The number of halogens is 2. The molecule has 7 nitrogen and oxygen atoms in total. The second kappa shape index (κ2) is 10.1. The fraction of sp³-hybridized carbons (Fsp3) is 0.435. The maximum atomic E-state index is 12.5. The summed E-state index contributed by atoms with van der Waals surface area (Å²) in [5.41, 5.74) is 2.72. The maximum absolute atomic E-state index is 12.5. The van der Waals surface area contributed by atoms with Crippen molar-refractivity contribution in [3.8, 4) is 11.3 Å². The highest BCUT2D eigenvalue weighted by Gasteiger charge is 2.28. The monoisotopic (exact) mass is 474 g/mol. The van der Waals surface area contributed by atoms with Gasteiger partial charge < -0.3 is 20.9 Å². The van der Waals surface area contributed by atoms with E-state index in [0.29, 0.717) is 16.7 Å². The van der Waals surface area contributed by atoms with Crippen LogP contribution in [0, 0.1) is 0 Å². The number of hydrogen-bond acceptors (Lipinski definition) is 5. The Kier molecular flexibility index (Phi) is 7.18. The first-order chi connectivity index (χ1) is 15.2. The van der Waals surface area contributed by atoms with Crippen LogP contribution >= 0.6 is 24.0 Å². The van der Waals surface area contributed by atoms with Gasteiger partial charge in [-0.1, -0.05) is 29.8 Å². The van der Waals surface area contributed by atoms with Crippen molar-refractivity contribution in [2.45, 2.75) is 56.7 Å². The van der Waals surface area contributed by atoms with Crippen molar-refractivity contribution in [3.05, 3.63) is 41.7 Å². The molecule has 0 radical (unpaired) electrons. The zero-order chi connectivity index (χ0) is 21.2. The molecule has 0 spiro atoms. The van der Waals surface area contributed by atoms with Crippen molar-refractivity contribution in [3.63, 3.8) is 0 Å². The molecule has 32 heavy (non-hydrogen) atoms. The summed E-state index contributed by atoms with van der Waals surface area (Å²) in [4.78, 5) is 24.9. The number of carbonyl (C=O) groups is 1. The number of benzene rings is 1. The van der Waals surface area contributed by atoms with Crippen LogP contribution in [-0.2, 0) is 4.79 Å². The summed E-state index contributed by atoms with van der Waals surface area (Å²) in [5.74, 6) is 0.701. The minimum atomic E-state index is -0.0355. The van der Waals surface area contributed by atoms with Gasteiger partial charge in [0.25, 0.3) is 0 Å². The molecule has 3 atom stereocenters. The average molecular weight is 475 g/mol. The van der Waals surface area contributed by atoms with E-state index in [-0.39, 0.29) is 36.4 Å². The van der Waals surface area contributed by atoms with Crippen LogP contribution in [0.5, 0.6) is 0 Å². The molecule has 4 N–H and O–H groups in total. The summed E-state index contributed by atoms with van der Waals surface area (Å²) in [6.07, 6.45) is 9.56. The van der Waals surface area contributed by atoms with Crippen LogP contribution < -0.4 is 16.0 Å². The van der Waals surface area contributed by atoms with E-state index in [1.54, 1.807) is 6.20 Å². The highest BCUT2D eigenvalue weighted by Crippen LogP contribution is 2.32. The van der Waals surface area contributed by atoms with Gasteiger partial charge in [-0.3, -0.25) is 4.79 Å². The predicted molar refractivity (Wildman–Crippen MR) is 130 cm³/mol. The molecular weight excluding hydrogens is 447 g/mol. The van der Waals surface area contributed by atoms with Crippen LogP contribution in [0.2, 0.25) is 5.02 Å². The first-order valence-electron chi connectivity index (χ1n) is 11.1. The van der Waals surface area contributed by atoms with Crippen molar-refractivity contribution < 1.29 is 4.79 Å². The van der Waals surface area contributed by atoms with Crippen molar-refractivity contribution in [2.24, 2.45) is 0 Å². The van der Waals surface area contributed by atoms with Gasteiger partial charge >= 0.3 is 0 Å². The average Bonchev–Trinajstić information content (AvgIpc) is 3.46. The van der Waals surface area contributed by atoms with E-state index < -0.39 is 0 Å². The van der Waals surface area contributed by atoms with Gasteiger partial charge in [0.05, 0.1) is 23.0 Å². The number of anilines is 1. The quantitative estimate of drug-likeness (QED) is 0.442. The fourth-order valence-electron chi connectivity index (χ4n) is 4.74. The van der Waals surface area contributed by atoms with Crippen LogP contribution in [0.15, 0.2) is 36.7 Å². The Hall–Kier alpha value is -2.35.